The van der Waals surface area contributed by atoms with Gasteiger partial charge in [-0.3, -0.25) is 0 Å². The number of sulfone groups is 1. The molecule has 1 N–H and O–H groups in total. The molecule has 1 aliphatic carbocycles. The zero-order chi connectivity index (χ0) is 13.9. The van der Waals surface area contributed by atoms with Crippen molar-refractivity contribution in [3.63, 3.8) is 0 Å². The van der Waals surface area contributed by atoms with Gasteiger partial charge in [0.1, 0.15) is 9.84 Å². The largest absolute Gasteiger partial charge is 0.354 e. The SMILES string of the molecule is CCS(=O)(=O)CCCn1cc2c(c1)C(NC)CCC2. The normalized spacial score (nSPS) is 19.4. The molecule has 0 bridgehead atoms. The van der Waals surface area contributed by atoms with Gasteiger partial charge in [0.25, 0.3) is 0 Å². The summed E-state index contributed by atoms with van der Waals surface area (Å²) in [6.07, 6.45) is 8.65. The molecule has 1 atom stereocenters. The average Bonchev–Trinajstić information content (AvgIpc) is 2.81. The van der Waals surface area contributed by atoms with Gasteiger partial charge in [-0.05, 0) is 43.9 Å². The summed E-state index contributed by atoms with van der Waals surface area (Å²) in [5.41, 5.74) is 2.82. The first-order chi connectivity index (χ1) is 9.05. The Bertz CT molecular complexity index is 520. The highest BCUT2D eigenvalue weighted by molar-refractivity contribution is 7.91. The number of nitrogens with zero attached hydrogens (tertiary/aromatic N) is 1. The fourth-order valence-electron chi connectivity index (χ4n) is 2.79. The molecule has 19 heavy (non-hydrogen) atoms. The minimum Gasteiger partial charge on any atom is -0.354 e. The smallest absolute Gasteiger partial charge is 0.150 e. The van der Waals surface area contributed by atoms with E-state index in [1.807, 2.05) is 7.05 Å². The lowest BCUT2D eigenvalue weighted by Gasteiger charge is -2.21. The number of rotatable bonds is 6. The summed E-state index contributed by atoms with van der Waals surface area (Å²) >= 11 is 0. The lowest BCUT2D eigenvalue weighted by molar-refractivity contribution is 0.498. The topological polar surface area (TPSA) is 51.1 Å². The molecule has 0 aliphatic heterocycles. The lowest BCUT2D eigenvalue weighted by Crippen LogP contribution is -2.20. The Morgan fingerprint density at radius 1 is 1.42 bits per heavy atom. The van der Waals surface area contributed by atoms with Crippen molar-refractivity contribution in [2.75, 3.05) is 18.6 Å². The van der Waals surface area contributed by atoms with E-state index in [4.69, 9.17) is 0 Å². The molecule has 0 fully saturated rings. The maximum absolute atomic E-state index is 11.5. The van der Waals surface area contributed by atoms with E-state index in [0.717, 1.165) is 13.0 Å². The number of fused-ring (bicyclic) bond motifs is 1. The van der Waals surface area contributed by atoms with Gasteiger partial charge < -0.3 is 9.88 Å². The second-order valence-electron chi connectivity index (χ2n) is 5.30. The first kappa shape index (κ1) is 14.6. The van der Waals surface area contributed by atoms with Gasteiger partial charge in [-0.15, -0.1) is 0 Å². The zero-order valence-corrected chi connectivity index (χ0v) is 12.7. The van der Waals surface area contributed by atoms with Crippen LogP contribution in [0.5, 0.6) is 0 Å². The number of aromatic nitrogens is 1. The van der Waals surface area contributed by atoms with Gasteiger partial charge in [-0.25, -0.2) is 8.42 Å². The van der Waals surface area contributed by atoms with E-state index >= 15 is 0 Å². The summed E-state index contributed by atoms with van der Waals surface area (Å²) in [5, 5.41) is 3.35. The molecular formula is C14H24N2O2S. The minimum absolute atomic E-state index is 0.247. The third kappa shape index (κ3) is 3.60. The van der Waals surface area contributed by atoms with Gasteiger partial charge in [0.2, 0.25) is 0 Å². The standard InChI is InChI=1S/C14H24N2O2S/c1-3-19(17,18)9-5-8-16-10-12-6-4-7-14(15-2)13(12)11-16/h10-11,14-15H,3-9H2,1-2H3. The van der Waals surface area contributed by atoms with Crippen molar-refractivity contribution in [2.45, 2.75) is 45.2 Å². The Morgan fingerprint density at radius 2 is 2.21 bits per heavy atom. The van der Waals surface area contributed by atoms with E-state index in [0.29, 0.717) is 18.2 Å². The quantitative estimate of drug-likeness (QED) is 0.868. The summed E-state index contributed by atoms with van der Waals surface area (Å²) in [6.45, 7) is 2.50. The molecule has 2 rings (SSSR count). The summed E-state index contributed by atoms with van der Waals surface area (Å²) < 4.78 is 25.1. The Kier molecular flexibility index (Phi) is 4.68. The minimum atomic E-state index is -2.83. The molecule has 0 spiro atoms. The van der Waals surface area contributed by atoms with Crippen molar-refractivity contribution in [3.05, 3.63) is 23.5 Å². The van der Waals surface area contributed by atoms with Crippen LogP contribution in [0.15, 0.2) is 12.4 Å². The average molecular weight is 284 g/mol. The third-order valence-corrected chi connectivity index (χ3v) is 5.76. The molecule has 5 heteroatoms. The first-order valence-electron chi connectivity index (χ1n) is 7.12. The number of hydrogen-bond donors (Lipinski definition) is 1. The van der Waals surface area contributed by atoms with Crippen molar-refractivity contribution in [2.24, 2.45) is 0 Å². The van der Waals surface area contributed by atoms with Gasteiger partial charge in [-0.2, -0.15) is 0 Å². The first-order valence-corrected chi connectivity index (χ1v) is 8.94. The molecule has 4 nitrogen and oxygen atoms in total. The van der Waals surface area contributed by atoms with Crippen molar-refractivity contribution in [1.29, 1.82) is 0 Å². The monoisotopic (exact) mass is 284 g/mol. The zero-order valence-electron chi connectivity index (χ0n) is 11.9. The van der Waals surface area contributed by atoms with Gasteiger partial charge in [0.05, 0.1) is 5.75 Å². The molecule has 1 heterocycles. The van der Waals surface area contributed by atoms with Crippen LogP contribution in [0.1, 0.15) is 43.4 Å². The number of hydrogen-bond acceptors (Lipinski definition) is 3. The van der Waals surface area contributed by atoms with Crippen molar-refractivity contribution in [3.8, 4) is 0 Å². The molecule has 1 aromatic rings. The predicted octanol–water partition coefficient (Wildman–Crippen LogP) is 1.91. The third-order valence-electron chi connectivity index (χ3n) is 3.97. The second kappa shape index (κ2) is 6.09. The van der Waals surface area contributed by atoms with Crippen LogP contribution in [0.25, 0.3) is 0 Å². The second-order valence-corrected chi connectivity index (χ2v) is 7.77. The highest BCUT2D eigenvalue weighted by Crippen LogP contribution is 2.30. The number of aryl methyl sites for hydroxylation is 2. The molecule has 0 aromatic carbocycles. The summed E-state index contributed by atoms with van der Waals surface area (Å²) in [7, 11) is -0.828. The van der Waals surface area contributed by atoms with Gasteiger partial charge in [-0.1, -0.05) is 6.92 Å². The maximum Gasteiger partial charge on any atom is 0.150 e. The molecular weight excluding hydrogens is 260 g/mol. The fraction of sp³-hybridized carbons (Fsp3) is 0.714. The maximum atomic E-state index is 11.5. The highest BCUT2D eigenvalue weighted by atomic mass is 32.2. The van der Waals surface area contributed by atoms with Gasteiger partial charge >= 0.3 is 0 Å². The van der Waals surface area contributed by atoms with Gasteiger partial charge in [0.15, 0.2) is 0 Å². The van der Waals surface area contributed by atoms with Crippen LogP contribution in [-0.2, 0) is 22.8 Å². The summed E-state index contributed by atoms with van der Waals surface area (Å²) in [4.78, 5) is 0. The van der Waals surface area contributed by atoms with Crippen LogP contribution in [0.3, 0.4) is 0 Å². The lowest BCUT2D eigenvalue weighted by atomic mass is 9.91. The van der Waals surface area contributed by atoms with Crippen LogP contribution in [-0.4, -0.2) is 31.5 Å². The molecule has 0 saturated carbocycles. The van der Waals surface area contributed by atoms with Crippen LogP contribution in [0, 0.1) is 0 Å². The van der Waals surface area contributed by atoms with Crippen LogP contribution in [0.2, 0.25) is 0 Å². The Balaban J connectivity index is 1.97. The van der Waals surface area contributed by atoms with Crippen LogP contribution < -0.4 is 5.32 Å². The predicted molar refractivity (Wildman–Crippen MR) is 78.1 cm³/mol. The molecule has 1 aromatic heterocycles. The van der Waals surface area contributed by atoms with Gasteiger partial charge in [0, 0.05) is 30.7 Å². The molecule has 108 valence electrons. The van der Waals surface area contributed by atoms with E-state index in [1.54, 1.807) is 6.92 Å². The Hall–Kier alpha value is -0.810. The molecule has 0 saturated heterocycles. The van der Waals surface area contributed by atoms with Crippen molar-refractivity contribution >= 4 is 9.84 Å². The molecule has 1 aliphatic rings. The fourth-order valence-corrected chi connectivity index (χ4v) is 3.65. The van der Waals surface area contributed by atoms with E-state index < -0.39 is 9.84 Å². The Morgan fingerprint density at radius 3 is 2.89 bits per heavy atom. The van der Waals surface area contributed by atoms with E-state index in [9.17, 15) is 8.42 Å². The highest BCUT2D eigenvalue weighted by Gasteiger charge is 2.20. The Labute approximate surface area is 116 Å². The van der Waals surface area contributed by atoms with Crippen LogP contribution >= 0.6 is 0 Å². The molecule has 0 radical (unpaired) electrons. The summed E-state index contributed by atoms with van der Waals surface area (Å²) in [6, 6.07) is 0.462. The molecule has 0 amide bonds. The van der Waals surface area contributed by atoms with E-state index in [2.05, 4.69) is 22.3 Å². The van der Waals surface area contributed by atoms with E-state index in [-0.39, 0.29) is 5.75 Å². The van der Waals surface area contributed by atoms with Crippen molar-refractivity contribution < 1.29 is 8.42 Å². The van der Waals surface area contributed by atoms with Crippen LogP contribution in [0.4, 0.5) is 0 Å². The van der Waals surface area contributed by atoms with E-state index in [1.165, 1.54) is 24.0 Å². The summed E-state index contributed by atoms with van der Waals surface area (Å²) in [5.74, 6) is 0.540. The number of nitrogens with one attached hydrogen (secondary N) is 1. The van der Waals surface area contributed by atoms with Crippen molar-refractivity contribution in [1.82, 2.24) is 9.88 Å². The molecule has 1 unspecified atom stereocenters.